The summed E-state index contributed by atoms with van der Waals surface area (Å²) in [6, 6.07) is 14.6. The third-order valence-corrected chi connectivity index (χ3v) is 6.36. The molecule has 1 atom stereocenters. The minimum absolute atomic E-state index is 0.0799. The number of thiophene rings is 1. The standard InChI is InChI=1S/C24H19NO5S/c1-3-11-30-18-12-15(9-10-17(18)29-2)16-13-19(26)25-21-20(14-7-5-4-6-8-14)23(24(27)28)31-22(16)21/h1,4-10,12,16H,11,13H2,2H3,(H,25,26)(H,27,28)/t16-/m1/s1. The van der Waals surface area contributed by atoms with E-state index in [9.17, 15) is 14.7 Å². The molecule has 3 aromatic rings. The summed E-state index contributed by atoms with van der Waals surface area (Å²) < 4.78 is 10.9. The van der Waals surface area contributed by atoms with Crippen molar-refractivity contribution < 1.29 is 24.2 Å². The van der Waals surface area contributed by atoms with Crippen LogP contribution in [0, 0.1) is 12.3 Å². The number of carboxylic acids is 1. The first-order valence-electron chi connectivity index (χ1n) is 9.53. The number of ether oxygens (including phenoxy) is 2. The first kappa shape index (κ1) is 20.5. The molecule has 2 heterocycles. The van der Waals surface area contributed by atoms with Gasteiger partial charge in [0.25, 0.3) is 0 Å². The van der Waals surface area contributed by atoms with Crippen LogP contribution >= 0.6 is 11.3 Å². The molecule has 0 spiro atoms. The second kappa shape index (κ2) is 8.54. The van der Waals surface area contributed by atoms with Crippen LogP contribution in [0.2, 0.25) is 0 Å². The number of rotatable bonds is 6. The lowest BCUT2D eigenvalue weighted by Gasteiger charge is -2.24. The summed E-state index contributed by atoms with van der Waals surface area (Å²) in [5, 5.41) is 12.7. The number of amides is 1. The van der Waals surface area contributed by atoms with Crippen molar-refractivity contribution in [3.8, 4) is 35.0 Å². The monoisotopic (exact) mass is 433 g/mol. The largest absolute Gasteiger partial charge is 0.493 e. The number of carboxylic acid groups (broad SMARTS) is 1. The molecule has 6 nitrogen and oxygen atoms in total. The summed E-state index contributed by atoms with van der Waals surface area (Å²) in [5.74, 6) is 1.91. The van der Waals surface area contributed by atoms with Gasteiger partial charge in [0.2, 0.25) is 5.91 Å². The quantitative estimate of drug-likeness (QED) is 0.555. The van der Waals surface area contributed by atoms with E-state index in [1.54, 1.807) is 12.1 Å². The molecule has 1 amide bonds. The van der Waals surface area contributed by atoms with Crippen molar-refractivity contribution in [2.75, 3.05) is 19.0 Å². The van der Waals surface area contributed by atoms with Gasteiger partial charge in [0.1, 0.15) is 11.5 Å². The molecular formula is C24H19NO5S. The predicted molar refractivity (Wildman–Crippen MR) is 119 cm³/mol. The van der Waals surface area contributed by atoms with E-state index in [-0.39, 0.29) is 29.7 Å². The number of anilines is 1. The molecule has 2 N–H and O–H groups in total. The Morgan fingerprint density at radius 2 is 2.03 bits per heavy atom. The molecule has 0 unspecified atom stereocenters. The van der Waals surface area contributed by atoms with Gasteiger partial charge in [-0.15, -0.1) is 17.8 Å². The number of aromatic carboxylic acids is 1. The van der Waals surface area contributed by atoms with Crippen LogP contribution in [0.25, 0.3) is 11.1 Å². The van der Waals surface area contributed by atoms with Crippen LogP contribution in [0.4, 0.5) is 5.69 Å². The molecule has 0 saturated carbocycles. The van der Waals surface area contributed by atoms with Gasteiger partial charge in [-0.1, -0.05) is 42.3 Å². The average Bonchev–Trinajstić information content (AvgIpc) is 3.17. The zero-order valence-electron chi connectivity index (χ0n) is 16.7. The van der Waals surface area contributed by atoms with Gasteiger partial charge in [0.15, 0.2) is 11.5 Å². The Bertz CT molecular complexity index is 1190. The van der Waals surface area contributed by atoms with E-state index in [1.165, 1.54) is 18.4 Å². The van der Waals surface area contributed by atoms with Gasteiger partial charge in [-0.3, -0.25) is 4.79 Å². The number of hydrogen-bond donors (Lipinski definition) is 2. The highest BCUT2D eigenvalue weighted by molar-refractivity contribution is 7.15. The van der Waals surface area contributed by atoms with E-state index in [2.05, 4.69) is 11.2 Å². The molecule has 1 aromatic heterocycles. The normalized spacial score (nSPS) is 14.8. The van der Waals surface area contributed by atoms with Gasteiger partial charge in [-0.25, -0.2) is 4.79 Å². The highest BCUT2D eigenvalue weighted by Gasteiger charge is 2.34. The maximum atomic E-state index is 12.6. The van der Waals surface area contributed by atoms with E-state index in [0.717, 1.165) is 16.0 Å². The van der Waals surface area contributed by atoms with Crippen molar-refractivity contribution in [2.45, 2.75) is 12.3 Å². The minimum Gasteiger partial charge on any atom is -0.493 e. The second-order valence-corrected chi connectivity index (χ2v) is 7.98. The Morgan fingerprint density at radius 1 is 1.26 bits per heavy atom. The summed E-state index contributed by atoms with van der Waals surface area (Å²) in [6.07, 6.45) is 5.51. The van der Waals surface area contributed by atoms with Crippen molar-refractivity contribution in [2.24, 2.45) is 0 Å². The Hall–Kier alpha value is -3.76. The zero-order chi connectivity index (χ0) is 22.0. The van der Waals surface area contributed by atoms with Gasteiger partial charge in [-0.2, -0.15) is 0 Å². The third-order valence-electron chi connectivity index (χ3n) is 5.06. The lowest BCUT2D eigenvalue weighted by molar-refractivity contribution is -0.116. The molecule has 0 saturated heterocycles. The van der Waals surface area contributed by atoms with Gasteiger partial charge in [0.05, 0.1) is 12.8 Å². The van der Waals surface area contributed by atoms with E-state index < -0.39 is 5.97 Å². The lowest BCUT2D eigenvalue weighted by Crippen LogP contribution is -2.22. The van der Waals surface area contributed by atoms with Gasteiger partial charge < -0.3 is 19.9 Å². The molecule has 2 aromatic carbocycles. The molecule has 31 heavy (non-hydrogen) atoms. The molecule has 156 valence electrons. The fourth-order valence-corrected chi connectivity index (χ4v) is 4.98. The number of nitrogens with one attached hydrogen (secondary N) is 1. The smallest absolute Gasteiger partial charge is 0.346 e. The van der Waals surface area contributed by atoms with Crippen LogP contribution in [0.3, 0.4) is 0 Å². The van der Waals surface area contributed by atoms with Gasteiger partial charge in [-0.05, 0) is 23.3 Å². The maximum absolute atomic E-state index is 12.6. The Balaban J connectivity index is 1.87. The minimum atomic E-state index is -1.03. The van der Waals surface area contributed by atoms with Crippen LogP contribution in [-0.2, 0) is 4.79 Å². The van der Waals surface area contributed by atoms with E-state index in [4.69, 9.17) is 15.9 Å². The van der Waals surface area contributed by atoms with Crippen molar-refractivity contribution in [1.29, 1.82) is 0 Å². The number of carbonyl (C=O) groups is 2. The van der Waals surface area contributed by atoms with E-state index in [0.29, 0.717) is 22.7 Å². The predicted octanol–water partition coefficient (Wildman–Crippen LogP) is 4.61. The first-order valence-corrected chi connectivity index (χ1v) is 10.3. The Kier molecular flexibility index (Phi) is 5.65. The number of carbonyl (C=O) groups excluding carboxylic acids is 1. The molecule has 0 radical (unpaired) electrons. The summed E-state index contributed by atoms with van der Waals surface area (Å²) in [5.41, 5.74) is 2.65. The SMILES string of the molecule is C#CCOc1cc([C@H]2CC(=O)Nc3c2sc(C(=O)O)c3-c2ccccc2)ccc1OC. The van der Waals surface area contributed by atoms with Crippen LogP contribution in [-0.4, -0.2) is 30.7 Å². The fourth-order valence-electron chi connectivity index (χ4n) is 3.73. The van der Waals surface area contributed by atoms with E-state index in [1.807, 2.05) is 36.4 Å². The molecular weight excluding hydrogens is 414 g/mol. The molecule has 4 rings (SSSR count). The van der Waals surface area contributed by atoms with Crippen molar-refractivity contribution in [3.63, 3.8) is 0 Å². The van der Waals surface area contributed by atoms with Gasteiger partial charge >= 0.3 is 5.97 Å². The molecule has 7 heteroatoms. The molecule has 1 aliphatic heterocycles. The number of hydrogen-bond acceptors (Lipinski definition) is 5. The molecule has 1 aliphatic rings. The second-order valence-electron chi connectivity index (χ2n) is 6.92. The number of benzene rings is 2. The van der Waals surface area contributed by atoms with Crippen LogP contribution < -0.4 is 14.8 Å². The average molecular weight is 433 g/mol. The fraction of sp³-hybridized carbons (Fsp3) is 0.167. The number of terminal acetylenes is 1. The van der Waals surface area contributed by atoms with Gasteiger partial charge in [0, 0.05) is 22.8 Å². The summed E-state index contributed by atoms with van der Waals surface area (Å²) in [4.78, 5) is 25.6. The highest BCUT2D eigenvalue weighted by atomic mass is 32.1. The Labute approximate surface area is 183 Å². The van der Waals surface area contributed by atoms with Crippen molar-refractivity contribution in [1.82, 2.24) is 0 Å². The number of fused-ring (bicyclic) bond motifs is 1. The Morgan fingerprint density at radius 3 is 2.71 bits per heavy atom. The van der Waals surface area contributed by atoms with Crippen LogP contribution in [0.15, 0.2) is 48.5 Å². The van der Waals surface area contributed by atoms with E-state index >= 15 is 0 Å². The summed E-state index contributed by atoms with van der Waals surface area (Å²) in [7, 11) is 1.54. The topological polar surface area (TPSA) is 84.9 Å². The summed E-state index contributed by atoms with van der Waals surface area (Å²) >= 11 is 1.18. The molecule has 0 bridgehead atoms. The van der Waals surface area contributed by atoms with Crippen LogP contribution in [0.1, 0.15) is 32.5 Å². The number of methoxy groups -OCH3 is 1. The summed E-state index contributed by atoms with van der Waals surface area (Å²) in [6.45, 7) is 0.0799. The molecule has 0 fully saturated rings. The van der Waals surface area contributed by atoms with Crippen molar-refractivity contribution in [3.05, 3.63) is 63.8 Å². The highest BCUT2D eigenvalue weighted by Crippen LogP contribution is 2.50. The molecule has 0 aliphatic carbocycles. The third kappa shape index (κ3) is 3.86. The maximum Gasteiger partial charge on any atom is 0.346 e. The zero-order valence-corrected chi connectivity index (χ0v) is 17.5. The lowest BCUT2D eigenvalue weighted by atomic mass is 9.88. The first-order chi connectivity index (χ1) is 15.0. The van der Waals surface area contributed by atoms with Crippen molar-refractivity contribution >= 4 is 28.9 Å². The van der Waals surface area contributed by atoms with Crippen LogP contribution in [0.5, 0.6) is 11.5 Å².